The summed E-state index contributed by atoms with van der Waals surface area (Å²) in [5.41, 5.74) is 1.75. The van der Waals surface area contributed by atoms with Crippen LogP contribution in [-0.2, 0) is 0 Å². The Bertz CT molecular complexity index is 190. The van der Waals surface area contributed by atoms with Gasteiger partial charge in [0, 0.05) is 12.8 Å². The number of rotatable bonds is 1. The van der Waals surface area contributed by atoms with Gasteiger partial charge in [-0.3, -0.25) is 4.90 Å². The smallest absolute Gasteiger partial charge is 0.155 e. The van der Waals surface area contributed by atoms with Gasteiger partial charge in [0.05, 0.1) is 13.1 Å². The van der Waals surface area contributed by atoms with Gasteiger partial charge in [0.25, 0.3) is 0 Å². The van der Waals surface area contributed by atoms with Crippen LogP contribution in [0.5, 0.6) is 0 Å². The van der Waals surface area contributed by atoms with Crippen LogP contribution in [0.15, 0.2) is 0 Å². The van der Waals surface area contributed by atoms with E-state index >= 15 is 0 Å². The van der Waals surface area contributed by atoms with Crippen molar-refractivity contribution in [3.63, 3.8) is 0 Å². The summed E-state index contributed by atoms with van der Waals surface area (Å²) < 4.78 is 2.64. The summed E-state index contributed by atoms with van der Waals surface area (Å²) in [6.45, 7) is 8.61. The van der Waals surface area contributed by atoms with Gasteiger partial charge < -0.3 is 0 Å². The fourth-order valence-electron chi connectivity index (χ4n) is 2.48. The SMILES string of the molecule is CCN1CC[N+](=C2CCCC2)CC1. The minimum Gasteiger partial charge on any atom is -0.291 e. The molecule has 0 unspecified atom stereocenters. The fourth-order valence-corrected chi connectivity index (χ4v) is 2.48. The second kappa shape index (κ2) is 4.23. The van der Waals surface area contributed by atoms with Crippen LogP contribution in [0.3, 0.4) is 0 Å². The molecule has 2 rings (SSSR count). The lowest BCUT2D eigenvalue weighted by molar-refractivity contribution is -0.541. The fraction of sp³-hybridized carbons (Fsp3) is 0.909. The minimum atomic E-state index is 1.23. The summed E-state index contributed by atoms with van der Waals surface area (Å²) in [4.78, 5) is 2.55. The Morgan fingerprint density at radius 3 is 2.31 bits per heavy atom. The van der Waals surface area contributed by atoms with Crippen LogP contribution in [0.4, 0.5) is 0 Å². The Morgan fingerprint density at radius 1 is 1.15 bits per heavy atom. The average molecular weight is 181 g/mol. The molecule has 1 saturated heterocycles. The molecule has 1 saturated carbocycles. The lowest BCUT2D eigenvalue weighted by Gasteiger charge is -2.24. The lowest BCUT2D eigenvalue weighted by atomic mass is 10.2. The second-order valence-electron chi connectivity index (χ2n) is 4.19. The van der Waals surface area contributed by atoms with Crippen LogP contribution in [0, 0.1) is 0 Å². The first-order chi connectivity index (χ1) is 6.40. The van der Waals surface area contributed by atoms with E-state index in [9.17, 15) is 0 Å². The molecule has 0 atom stereocenters. The maximum absolute atomic E-state index is 2.64. The van der Waals surface area contributed by atoms with Gasteiger partial charge in [-0.05, 0) is 19.4 Å². The molecular formula is C11H21N2+. The minimum absolute atomic E-state index is 1.23. The molecule has 2 heteroatoms. The van der Waals surface area contributed by atoms with E-state index in [1.54, 1.807) is 5.71 Å². The highest BCUT2D eigenvalue weighted by Gasteiger charge is 2.23. The molecule has 1 heterocycles. The van der Waals surface area contributed by atoms with E-state index in [0.29, 0.717) is 0 Å². The van der Waals surface area contributed by atoms with Gasteiger partial charge in [-0.15, -0.1) is 0 Å². The number of likely N-dealkylation sites (N-methyl/N-ethyl adjacent to an activating group) is 1. The highest BCUT2D eigenvalue weighted by molar-refractivity contribution is 5.81. The lowest BCUT2D eigenvalue weighted by Crippen LogP contribution is -2.43. The summed E-state index contributed by atoms with van der Waals surface area (Å²) in [6, 6.07) is 0. The van der Waals surface area contributed by atoms with Gasteiger partial charge in [0.15, 0.2) is 18.8 Å². The molecule has 0 amide bonds. The molecule has 1 aliphatic heterocycles. The van der Waals surface area contributed by atoms with Gasteiger partial charge in [-0.1, -0.05) is 6.92 Å². The topological polar surface area (TPSA) is 6.25 Å². The predicted molar refractivity (Wildman–Crippen MR) is 55.6 cm³/mol. The van der Waals surface area contributed by atoms with Crippen molar-refractivity contribution < 1.29 is 4.58 Å². The maximum Gasteiger partial charge on any atom is 0.155 e. The molecule has 2 fully saturated rings. The quantitative estimate of drug-likeness (QED) is 0.553. The van der Waals surface area contributed by atoms with Crippen molar-refractivity contribution in [2.75, 3.05) is 32.7 Å². The maximum atomic E-state index is 2.64. The first-order valence-corrected chi connectivity index (χ1v) is 5.72. The largest absolute Gasteiger partial charge is 0.291 e. The predicted octanol–water partition coefficient (Wildman–Crippen LogP) is 1.35. The number of piperazine rings is 1. The van der Waals surface area contributed by atoms with E-state index < -0.39 is 0 Å². The number of hydrogen-bond donors (Lipinski definition) is 0. The van der Waals surface area contributed by atoms with Crippen LogP contribution in [0.1, 0.15) is 32.6 Å². The zero-order valence-corrected chi connectivity index (χ0v) is 8.76. The van der Waals surface area contributed by atoms with Crippen molar-refractivity contribution >= 4 is 5.71 Å². The highest BCUT2D eigenvalue weighted by atomic mass is 15.2. The number of hydrogen-bond acceptors (Lipinski definition) is 1. The van der Waals surface area contributed by atoms with E-state index in [-0.39, 0.29) is 0 Å². The molecule has 0 aromatic carbocycles. The number of nitrogens with zero attached hydrogens (tertiary/aromatic N) is 2. The van der Waals surface area contributed by atoms with Crippen LogP contribution in [-0.4, -0.2) is 47.9 Å². The van der Waals surface area contributed by atoms with Gasteiger partial charge >= 0.3 is 0 Å². The zero-order chi connectivity index (χ0) is 9.10. The first-order valence-electron chi connectivity index (χ1n) is 5.72. The van der Waals surface area contributed by atoms with Gasteiger partial charge in [-0.2, -0.15) is 0 Å². The molecule has 0 bridgehead atoms. The van der Waals surface area contributed by atoms with E-state index in [1.165, 1.54) is 58.4 Å². The van der Waals surface area contributed by atoms with Crippen molar-refractivity contribution in [3.05, 3.63) is 0 Å². The van der Waals surface area contributed by atoms with Crippen molar-refractivity contribution in [2.24, 2.45) is 0 Å². The molecule has 0 radical (unpaired) electrons. The van der Waals surface area contributed by atoms with Crippen LogP contribution >= 0.6 is 0 Å². The Morgan fingerprint density at radius 2 is 1.77 bits per heavy atom. The van der Waals surface area contributed by atoms with E-state index in [1.807, 2.05) is 0 Å². The highest BCUT2D eigenvalue weighted by Crippen LogP contribution is 2.15. The Hall–Kier alpha value is -0.370. The normalized spacial score (nSPS) is 25.6. The molecule has 0 aromatic rings. The average Bonchev–Trinajstić information content (AvgIpc) is 2.71. The van der Waals surface area contributed by atoms with Gasteiger partial charge in [-0.25, -0.2) is 4.58 Å². The third-order valence-electron chi connectivity index (χ3n) is 3.45. The second-order valence-corrected chi connectivity index (χ2v) is 4.19. The van der Waals surface area contributed by atoms with E-state index in [4.69, 9.17) is 0 Å². The molecule has 0 aromatic heterocycles. The Balaban J connectivity index is 1.93. The van der Waals surface area contributed by atoms with Crippen molar-refractivity contribution in [1.29, 1.82) is 0 Å². The Labute approximate surface area is 81.2 Å². The summed E-state index contributed by atoms with van der Waals surface area (Å²) in [5, 5.41) is 0. The third-order valence-corrected chi connectivity index (χ3v) is 3.45. The van der Waals surface area contributed by atoms with E-state index in [2.05, 4.69) is 16.4 Å². The molecule has 74 valence electrons. The molecule has 13 heavy (non-hydrogen) atoms. The van der Waals surface area contributed by atoms with Crippen molar-refractivity contribution in [1.82, 2.24) is 4.90 Å². The molecule has 0 spiro atoms. The van der Waals surface area contributed by atoms with Crippen molar-refractivity contribution in [3.8, 4) is 0 Å². The molecular weight excluding hydrogens is 160 g/mol. The van der Waals surface area contributed by atoms with E-state index in [0.717, 1.165) is 0 Å². The van der Waals surface area contributed by atoms with Gasteiger partial charge in [0.1, 0.15) is 0 Å². The van der Waals surface area contributed by atoms with Gasteiger partial charge in [0.2, 0.25) is 0 Å². The monoisotopic (exact) mass is 181 g/mol. The Kier molecular flexibility index (Phi) is 2.99. The summed E-state index contributed by atoms with van der Waals surface area (Å²) in [5.74, 6) is 0. The molecule has 1 aliphatic carbocycles. The molecule has 2 aliphatic rings. The third kappa shape index (κ3) is 2.11. The molecule has 0 N–H and O–H groups in total. The summed E-state index contributed by atoms with van der Waals surface area (Å²) in [7, 11) is 0. The van der Waals surface area contributed by atoms with Crippen LogP contribution in [0.25, 0.3) is 0 Å². The zero-order valence-electron chi connectivity index (χ0n) is 8.76. The first kappa shape index (κ1) is 9.20. The van der Waals surface area contributed by atoms with Crippen molar-refractivity contribution in [2.45, 2.75) is 32.6 Å². The van der Waals surface area contributed by atoms with Crippen LogP contribution < -0.4 is 0 Å². The molecule has 2 nitrogen and oxygen atoms in total. The summed E-state index contributed by atoms with van der Waals surface area (Å²) >= 11 is 0. The van der Waals surface area contributed by atoms with Crippen LogP contribution in [0.2, 0.25) is 0 Å². The summed E-state index contributed by atoms with van der Waals surface area (Å²) in [6.07, 6.45) is 5.63. The standard InChI is InChI=1S/C11H21N2/c1-2-12-7-9-13(10-8-12)11-5-3-4-6-11/h2-10H2,1H3/q+1.